The summed E-state index contributed by atoms with van der Waals surface area (Å²) in [7, 11) is 2.02. The van der Waals surface area contributed by atoms with E-state index in [4.69, 9.17) is 9.73 Å². The van der Waals surface area contributed by atoms with E-state index in [9.17, 15) is 0 Å². The Morgan fingerprint density at radius 1 is 1.30 bits per heavy atom. The van der Waals surface area contributed by atoms with Gasteiger partial charge in [-0.1, -0.05) is 60.8 Å². The van der Waals surface area contributed by atoms with E-state index in [0.29, 0.717) is 13.2 Å². The van der Waals surface area contributed by atoms with Gasteiger partial charge in [-0.25, -0.2) is 0 Å². The third-order valence-electron chi connectivity index (χ3n) is 4.87. The van der Waals surface area contributed by atoms with Crippen LogP contribution in [-0.2, 0) is 13.5 Å². The number of aromatic nitrogens is 1. The van der Waals surface area contributed by atoms with Gasteiger partial charge >= 0.3 is 0 Å². The monoisotopic (exact) mass is 422 g/mol. The van der Waals surface area contributed by atoms with E-state index in [1.807, 2.05) is 20.0 Å². The molecule has 0 aliphatic heterocycles. The predicted molar refractivity (Wildman–Crippen MR) is 131 cm³/mol. The Balaban J connectivity index is 2.44. The van der Waals surface area contributed by atoms with Gasteiger partial charge in [0.05, 0.1) is 23.0 Å². The summed E-state index contributed by atoms with van der Waals surface area (Å²) < 4.78 is 9.03. The van der Waals surface area contributed by atoms with Gasteiger partial charge in [0.1, 0.15) is 5.75 Å². The van der Waals surface area contributed by atoms with Crippen LogP contribution in [0.25, 0.3) is 12.7 Å². The maximum Gasteiger partial charge on any atom is 0.185 e. The molecule has 3 nitrogen and oxygen atoms in total. The van der Waals surface area contributed by atoms with E-state index in [1.165, 1.54) is 16.7 Å². The molecule has 0 radical (unpaired) electrons. The molecule has 160 valence electrons. The van der Waals surface area contributed by atoms with Gasteiger partial charge in [0.25, 0.3) is 0 Å². The molecule has 0 amide bonds. The molecule has 1 heterocycles. The van der Waals surface area contributed by atoms with Crippen LogP contribution in [0.3, 0.4) is 0 Å². The van der Waals surface area contributed by atoms with Gasteiger partial charge in [-0.15, -0.1) is 6.58 Å². The second-order valence-corrected chi connectivity index (χ2v) is 8.24. The van der Waals surface area contributed by atoms with E-state index in [1.54, 1.807) is 11.3 Å². The minimum atomic E-state index is 0.649. The summed E-state index contributed by atoms with van der Waals surface area (Å²) >= 11 is 1.66. The largest absolute Gasteiger partial charge is 0.494 e. The molecule has 0 fully saturated rings. The molecule has 1 aromatic heterocycles. The summed E-state index contributed by atoms with van der Waals surface area (Å²) in [6.07, 6.45) is 12.4. The molecule has 0 unspecified atom stereocenters. The molecular weight excluding hydrogens is 388 g/mol. The van der Waals surface area contributed by atoms with Crippen LogP contribution >= 0.6 is 11.3 Å². The van der Waals surface area contributed by atoms with Gasteiger partial charge in [0.15, 0.2) is 4.80 Å². The van der Waals surface area contributed by atoms with Crippen molar-refractivity contribution in [3.05, 3.63) is 80.0 Å². The lowest BCUT2D eigenvalue weighted by atomic mass is 10.0. The average molecular weight is 423 g/mol. The molecule has 0 bridgehead atoms. The molecule has 2 rings (SSSR count). The first-order valence-corrected chi connectivity index (χ1v) is 11.3. The number of allylic oxidation sites excluding steroid dienone is 4. The van der Waals surface area contributed by atoms with Crippen molar-refractivity contribution in [2.75, 3.05) is 13.2 Å². The fraction of sp³-hybridized carbons (Fsp3) is 0.346. The van der Waals surface area contributed by atoms with Crippen molar-refractivity contribution < 1.29 is 4.74 Å². The van der Waals surface area contributed by atoms with Crippen LogP contribution in [-0.4, -0.2) is 17.7 Å². The van der Waals surface area contributed by atoms with Crippen LogP contribution in [0.15, 0.2) is 53.6 Å². The Bertz CT molecular complexity index is 1110. The van der Waals surface area contributed by atoms with E-state index in [-0.39, 0.29) is 0 Å². The van der Waals surface area contributed by atoms with Gasteiger partial charge < -0.3 is 9.30 Å². The van der Waals surface area contributed by atoms with Gasteiger partial charge in [-0.05, 0) is 62.4 Å². The normalized spacial score (nSPS) is 13.4. The number of ether oxygens (including phenoxy) is 1. The number of nitrogens with zero attached hydrogens (tertiary/aromatic N) is 2. The Kier molecular flexibility index (Phi) is 9.13. The topological polar surface area (TPSA) is 26.5 Å². The average Bonchev–Trinajstić information content (AvgIpc) is 2.97. The molecule has 0 N–H and O–H groups in total. The van der Waals surface area contributed by atoms with Crippen molar-refractivity contribution in [3.63, 3.8) is 0 Å². The summed E-state index contributed by atoms with van der Waals surface area (Å²) in [6, 6.07) is 4.31. The first-order chi connectivity index (χ1) is 14.4. The lowest BCUT2D eigenvalue weighted by Gasteiger charge is -2.12. The Morgan fingerprint density at radius 2 is 2.07 bits per heavy atom. The zero-order valence-corrected chi connectivity index (χ0v) is 19.8. The molecule has 1 aromatic carbocycles. The maximum absolute atomic E-state index is 5.86. The summed E-state index contributed by atoms with van der Waals surface area (Å²) in [6.45, 7) is 17.8. The van der Waals surface area contributed by atoms with Crippen LogP contribution in [0.2, 0.25) is 0 Å². The Hall–Kier alpha value is -2.59. The smallest absolute Gasteiger partial charge is 0.185 e. The quantitative estimate of drug-likeness (QED) is 0.429. The van der Waals surface area contributed by atoms with Crippen LogP contribution in [0, 0.1) is 6.92 Å². The zero-order valence-electron chi connectivity index (χ0n) is 19.0. The van der Waals surface area contributed by atoms with Crippen molar-refractivity contribution >= 4 is 24.0 Å². The highest BCUT2D eigenvalue weighted by atomic mass is 32.1. The summed E-state index contributed by atoms with van der Waals surface area (Å²) in [5.41, 5.74) is 4.80. The Morgan fingerprint density at radius 3 is 2.73 bits per heavy atom. The molecule has 0 spiro atoms. The molecule has 0 saturated heterocycles. The van der Waals surface area contributed by atoms with Crippen molar-refractivity contribution in [1.82, 2.24) is 4.57 Å². The fourth-order valence-electron chi connectivity index (χ4n) is 3.19. The lowest BCUT2D eigenvalue weighted by Crippen LogP contribution is -2.28. The van der Waals surface area contributed by atoms with E-state index in [0.717, 1.165) is 38.8 Å². The number of hydrogen-bond donors (Lipinski definition) is 0. The number of benzene rings is 1. The maximum atomic E-state index is 5.86. The summed E-state index contributed by atoms with van der Waals surface area (Å²) in [5.74, 6) is 0.931. The first-order valence-electron chi connectivity index (χ1n) is 10.5. The Labute approximate surface area is 184 Å². The molecule has 2 aromatic rings. The molecule has 0 atom stereocenters. The predicted octanol–water partition coefficient (Wildman–Crippen LogP) is 4.57. The second kappa shape index (κ2) is 11.6. The van der Waals surface area contributed by atoms with Crippen molar-refractivity contribution in [3.8, 4) is 5.75 Å². The molecule has 0 aliphatic carbocycles. The van der Waals surface area contributed by atoms with Crippen molar-refractivity contribution in [1.29, 1.82) is 0 Å². The number of hydrogen-bond acceptors (Lipinski definition) is 3. The highest BCUT2D eigenvalue weighted by Gasteiger charge is 2.07. The summed E-state index contributed by atoms with van der Waals surface area (Å²) in [5, 5.41) is 0.966. The van der Waals surface area contributed by atoms with Crippen LogP contribution in [0.5, 0.6) is 5.75 Å². The summed E-state index contributed by atoms with van der Waals surface area (Å²) in [4.78, 5) is 5.71. The van der Waals surface area contributed by atoms with Crippen molar-refractivity contribution in [2.24, 2.45) is 12.0 Å². The van der Waals surface area contributed by atoms with Crippen LogP contribution in [0.4, 0.5) is 0 Å². The zero-order chi connectivity index (χ0) is 22.1. The van der Waals surface area contributed by atoms with Crippen LogP contribution < -0.4 is 19.4 Å². The highest BCUT2D eigenvalue weighted by molar-refractivity contribution is 7.07. The van der Waals surface area contributed by atoms with E-state index < -0.39 is 0 Å². The molecule has 0 saturated carbocycles. The second-order valence-electron chi connectivity index (χ2n) is 7.23. The van der Waals surface area contributed by atoms with E-state index in [2.05, 4.69) is 74.9 Å². The molecule has 30 heavy (non-hydrogen) atoms. The molecular formula is C26H34N2OS. The minimum absolute atomic E-state index is 0.649. The van der Waals surface area contributed by atoms with Crippen LogP contribution in [0.1, 0.15) is 43.9 Å². The third kappa shape index (κ3) is 6.20. The van der Waals surface area contributed by atoms with Gasteiger partial charge in [-0.2, -0.15) is 0 Å². The first kappa shape index (κ1) is 23.7. The minimum Gasteiger partial charge on any atom is -0.494 e. The highest BCUT2D eigenvalue weighted by Crippen LogP contribution is 2.25. The van der Waals surface area contributed by atoms with Gasteiger partial charge in [0.2, 0.25) is 0 Å². The molecule has 0 aliphatic rings. The fourth-order valence-corrected chi connectivity index (χ4v) is 4.23. The number of rotatable bonds is 9. The van der Waals surface area contributed by atoms with Crippen molar-refractivity contribution in [2.45, 2.75) is 40.5 Å². The van der Waals surface area contributed by atoms with Gasteiger partial charge in [-0.3, -0.25) is 4.99 Å². The third-order valence-corrected chi connectivity index (χ3v) is 6.03. The SMILES string of the molecule is C=CCc1cc(/C=c2/sc(=NC/C=C\C(C)=C/CC)n(C)c2=C)cc(OCC)c1C. The van der Waals surface area contributed by atoms with Gasteiger partial charge in [0, 0.05) is 7.05 Å². The molecule has 4 heteroatoms. The number of thiazole rings is 1. The van der Waals surface area contributed by atoms with E-state index >= 15 is 0 Å². The lowest BCUT2D eigenvalue weighted by molar-refractivity contribution is 0.337. The standard InChI is InChI=1S/C26H34N2OS/c1-8-12-19(4)14-11-15-27-26-28(7)21(6)25(30-26)18-22-16-23(13-9-2)20(5)24(17-22)29-10-3/h9,11-12,14,16-18H,2,6,8,10,13,15H2,1,3-5,7H3/b14-11-,19-12-,25-18+,27-26?.